The van der Waals surface area contributed by atoms with Gasteiger partial charge in [-0.05, 0) is 35.9 Å². The molecule has 0 amide bonds. The fourth-order valence-corrected chi connectivity index (χ4v) is 3.42. The van der Waals surface area contributed by atoms with Crippen molar-refractivity contribution in [3.8, 4) is 11.6 Å². The molecular weight excluding hydrogens is 402 g/mol. The largest absolute Gasteiger partial charge is 0.412 e. The van der Waals surface area contributed by atoms with Gasteiger partial charge in [0, 0.05) is 34.9 Å². The predicted molar refractivity (Wildman–Crippen MR) is 111 cm³/mol. The van der Waals surface area contributed by atoms with Gasteiger partial charge in [-0.2, -0.15) is 5.10 Å². The smallest absolute Gasteiger partial charge is 0.289 e. The maximum atomic E-state index is 13.2. The Labute approximate surface area is 176 Å². The van der Waals surface area contributed by atoms with Gasteiger partial charge in [0.05, 0.1) is 5.56 Å². The highest BCUT2D eigenvalue weighted by Gasteiger charge is 2.22. The minimum absolute atomic E-state index is 0.0925. The van der Waals surface area contributed by atoms with Crippen LogP contribution in [0.25, 0.3) is 22.5 Å². The third kappa shape index (κ3) is 3.35. The van der Waals surface area contributed by atoms with Crippen LogP contribution in [-0.4, -0.2) is 30.7 Å². The third-order valence-corrected chi connectivity index (χ3v) is 4.96. The lowest BCUT2D eigenvalue weighted by Crippen LogP contribution is -2.02. The van der Waals surface area contributed by atoms with E-state index in [-0.39, 0.29) is 17.6 Å². The molecule has 8 heteroatoms. The van der Waals surface area contributed by atoms with E-state index < -0.39 is 0 Å². The SMILES string of the molecule is O=C(c1nnc(-c2cccnn2)o1)c1cn(Cc2ccc(Cl)cc2)c2ccccc12. The Hall–Kier alpha value is -3.84. The van der Waals surface area contributed by atoms with E-state index in [1.165, 1.54) is 0 Å². The van der Waals surface area contributed by atoms with Gasteiger partial charge in [-0.1, -0.05) is 41.9 Å². The van der Waals surface area contributed by atoms with E-state index in [4.69, 9.17) is 16.0 Å². The number of fused-ring (bicyclic) bond motifs is 1. The zero-order valence-corrected chi connectivity index (χ0v) is 16.3. The van der Waals surface area contributed by atoms with Crippen LogP contribution < -0.4 is 0 Å². The number of carbonyl (C=O) groups excluding carboxylic acids is 1. The Morgan fingerprint density at radius 3 is 2.60 bits per heavy atom. The molecule has 7 nitrogen and oxygen atoms in total. The number of aromatic nitrogens is 5. The van der Waals surface area contributed by atoms with Crippen LogP contribution in [-0.2, 0) is 6.54 Å². The van der Waals surface area contributed by atoms with E-state index in [0.29, 0.717) is 22.8 Å². The van der Waals surface area contributed by atoms with Gasteiger partial charge in [0.15, 0.2) is 0 Å². The molecule has 3 aromatic heterocycles. The van der Waals surface area contributed by atoms with Gasteiger partial charge in [0.1, 0.15) is 5.69 Å². The first-order valence-electron chi connectivity index (χ1n) is 9.17. The Morgan fingerprint density at radius 1 is 0.967 bits per heavy atom. The topological polar surface area (TPSA) is 86.7 Å². The predicted octanol–water partition coefficient (Wildman–Crippen LogP) is 4.41. The molecule has 0 radical (unpaired) electrons. The molecule has 30 heavy (non-hydrogen) atoms. The van der Waals surface area contributed by atoms with Crippen LogP contribution in [0.2, 0.25) is 5.02 Å². The lowest BCUT2D eigenvalue weighted by molar-refractivity contribution is 0.100. The second kappa shape index (κ2) is 7.53. The van der Waals surface area contributed by atoms with Crippen LogP contribution in [0.3, 0.4) is 0 Å². The van der Waals surface area contributed by atoms with E-state index in [2.05, 4.69) is 20.4 Å². The first-order chi connectivity index (χ1) is 14.7. The molecule has 0 atom stereocenters. The zero-order valence-electron chi connectivity index (χ0n) is 15.6. The molecule has 3 heterocycles. The zero-order chi connectivity index (χ0) is 20.5. The maximum absolute atomic E-state index is 13.2. The number of ketones is 1. The quantitative estimate of drug-likeness (QED) is 0.395. The van der Waals surface area contributed by atoms with Gasteiger partial charge in [-0.3, -0.25) is 4.79 Å². The van der Waals surface area contributed by atoms with E-state index in [1.807, 2.05) is 59.3 Å². The molecular formula is C22H14ClN5O2. The van der Waals surface area contributed by atoms with Crippen molar-refractivity contribution < 1.29 is 9.21 Å². The van der Waals surface area contributed by atoms with E-state index >= 15 is 0 Å². The van der Waals surface area contributed by atoms with E-state index in [1.54, 1.807) is 18.3 Å². The molecule has 5 rings (SSSR count). The Kier molecular flexibility index (Phi) is 4.57. The average molecular weight is 416 g/mol. The second-order valence-corrected chi connectivity index (χ2v) is 7.10. The summed E-state index contributed by atoms with van der Waals surface area (Å²) in [5.41, 5.74) is 2.91. The monoisotopic (exact) mass is 415 g/mol. The summed E-state index contributed by atoms with van der Waals surface area (Å²) in [4.78, 5) is 13.2. The number of hydrogen-bond donors (Lipinski definition) is 0. The van der Waals surface area contributed by atoms with E-state index in [9.17, 15) is 4.79 Å². The Balaban J connectivity index is 1.52. The van der Waals surface area contributed by atoms with Crippen molar-refractivity contribution in [3.63, 3.8) is 0 Å². The minimum atomic E-state index is -0.344. The first kappa shape index (κ1) is 18.2. The van der Waals surface area contributed by atoms with Gasteiger partial charge in [0.25, 0.3) is 17.6 Å². The number of carbonyl (C=O) groups is 1. The highest BCUT2D eigenvalue weighted by molar-refractivity contribution is 6.30. The highest BCUT2D eigenvalue weighted by atomic mass is 35.5. The van der Waals surface area contributed by atoms with Crippen molar-refractivity contribution in [3.05, 3.63) is 95.1 Å². The molecule has 0 saturated carbocycles. The van der Waals surface area contributed by atoms with Crippen molar-refractivity contribution >= 4 is 28.3 Å². The highest BCUT2D eigenvalue weighted by Crippen LogP contribution is 2.25. The second-order valence-electron chi connectivity index (χ2n) is 6.66. The van der Waals surface area contributed by atoms with Crippen LogP contribution in [0.15, 0.2) is 77.5 Å². The van der Waals surface area contributed by atoms with Gasteiger partial charge >= 0.3 is 0 Å². The van der Waals surface area contributed by atoms with Crippen LogP contribution >= 0.6 is 11.6 Å². The maximum Gasteiger partial charge on any atom is 0.289 e. The van der Waals surface area contributed by atoms with Crippen LogP contribution in [0, 0.1) is 0 Å². The van der Waals surface area contributed by atoms with Crippen LogP contribution in [0.1, 0.15) is 21.8 Å². The molecule has 0 aliphatic heterocycles. The molecule has 5 aromatic rings. The first-order valence-corrected chi connectivity index (χ1v) is 9.55. The molecule has 0 aliphatic carbocycles. The summed E-state index contributed by atoms with van der Waals surface area (Å²) in [5.74, 6) is -0.287. The van der Waals surface area contributed by atoms with Gasteiger partial charge < -0.3 is 8.98 Å². The van der Waals surface area contributed by atoms with Crippen molar-refractivity contribution in [1.82, 2.24) is 25.0 Å². The molecule has 0 N–H and O–H groups in total. The van der Waals surface area contributed by atoms with Gasteiger partial charge in [-0.25, -0.2) is 0 Å². The number of benzene rings is 2. The Morgan fingerprint density at radius 2 is 1.80 bits per heavy atom. The van der Waals surface area contributed by atoms with Crippen molar-refractivity contribution in [2.24, 2.45) is 0 Å². The number of halogens is 1. The minimum Gasteiger partial charge on any atom is -0.412 e. The van der Waals surface area contributed by atoms with Gasteiger partial charge in [-0.15, -0.1) is 15.3 Å². The molecule has 0 unspecified atom stereocenters. The van der Waals surface area contributed by atoms with Gasteiger partial charge in [0.2, 0.25) is 0 Å². The molecule has 0 saturated heterocycles. The van der Waals surface area contributed by atoms with Crippen molar-refractivity contribution in [2.45, 2.75) is 6.54 Å². The fourth-order valence-electron chi connectivity index (χ4n) is 3.29. The molecule has 2 aromatic carbocycles. The molecule has 0 fully saturated rings. The number of para-hydroxylation sites is 1. The summed E-state index contributed by atoms with van der Waals surface area (Å²) in [6.07, 6.45) is 3.36. The fraction of sp³-hybridized carbons (Fsp3) is 0.0455. The number of nitrogens with zero attached hydrogens (tertiary/aromatic N) is 5. The van der Waals surface area contributed by atoms with E-state index in [0.717, 1.165) is 16.5 Å². The number of hydrogen-bond acceptors (Lipinski definition) is 6. The standard InChI is InChI=1S/C22H14ClN5O2/c23-15-9-7-14(8-10-15)12-28-13-17(16-4-1-2-6-19(16)28)20(29)22-27-26-21(30-22)18-5-3-11-24-25-18/h1-11,13H,12H2. The summed E-state index contributed by atoms with van der Waals surface area (Å²) >= 11 is 5.99. The summed E-state index contributed by atoms with van der Waals surface area (Å²) in [7, 11) is 0. The molecule has 146 valence electrons. The van der Waals surface area contributed by atoms with Crippen molar-refractivity contribution in [1.29, 1.82) is 0 Å². The lowest BCUT2D eigenvalue weighted by atomic mass is 10.1. The average Bonchev–Trinajstić information content (AvgIpc) is 3.42. The lowest BCUT2D eigenvalue weighted by Gasteiger charge is -2.05. The molecule has 0 spiro atoms. The summed E-state index contributed by atoms with van der Waals surface area (Å²) < 4.78 is 7.60. The summed E-state index contributed by atoms with van der Waals surface area (Å²) in [6, 6.07) is 18.7. The number of rotatable bonds is 5. The summed E-state index contributed by atoms with van der Waals surface area (Å²) in [6.45, 7) is 0.597. The molecule has 0 aliphatic rings. The summed E-state index contributed by atoms with van der Waals surface area (Å²) in [5, 5.41) is 17.1. The normalized spacial score (nSPS) is 11.1. The molecule has 0 bridgehead atoms. The van der Waals surface area contributed by atoms with Crippen LogP contribution in [0.4, 0.5) is 0 Å². The van der Waals surface area contributed by atoms with Crippen molar-refractivity contribution in [2.75, 3.05) is 0 Å². The third-order valence-electron chi connectivity index (χ3n) is 4.71. The Bertz CT molecular complexity index is 1340. The van der Waals surface area contributed by atoms with Crippen LogP contribution in [0.5, 0.6) is 0 Å².